The van der Waals surface area contributed by atoms with Crippen LogP contribution in [0.25, 0.3) is 0 Å². The fourth-order valence-electron chi connectivity index (χ4n) is 2.75. The minimum Gasteiger partial charge on any atom is -0.396 e. The summed E-state index contributed by atoms with van der Waals surface area (Å²) in [7, 11) is 0. The lowest BCUT2D eigenvalue weighted by Crippen LogP contribution is -2.35. The van der Waals surface area contributed by atoms with Crippen LogP contribution in [0.4, 0.5) is 5.69 Å². The van der Waals surface area contributed by atoms with Crippen molar-refractivity contribution >= 4 is 21.6 Å². The monoisotopic (exact) mass is 311 g/mol. The Hall–Kier alpha value is -0.540. The second-order valence-electron chi connectivity index (χ2n) is 5.56. The molecule has 0 aromatic heterocycles. The first-order chi connectivity index (χ1) is 8.65. The molecule has 0 atom stereocenters. The molecule has 1 aromatic rings. The molecule has 0 aliphatic heterocycles. The topological polar surface area (TPSA) is 32.3 Å². The highest BCUT2D eigenvalue weighted by Crippen LogP contribution is 2.36. The van der Waals surface area contributed by atoms with Crippen LogP contribution in [0.5, 0.6) is 0 Å². The molecule has 0 bridgehead atoms. The van der Waals surface area contributed by atoms with Crippen molar-refractivity contribution in [2.45, 2.75) is 39.0 Å². The van der Waals surface area contributed by atoms with Crippen molar-refractivity contribution in [2.24, 2.45) is 5.41 Å². The number of aryl methyl sites for hydroxylation is 1. The van der Waals surface area contributed by atoms with E-state index in [4.69, 9.17) is 0 Å². The van der Waals surface area contributed by atoms with Crippen molar-refractivity contribution in [1.29, 1.82) is 0 Å². The Balaban J connectivity index is 2.03. The lowest BCUT2D eigenvalue weighted by molar-refractivity contribution is 0.0944. The standard InChI is InChI=1S/C15H22BrNO/c1-12-5-6-13(16)14(9-12)17-10-15(11-18)7-3-2-4-8-15/h5-6,9,17-18H,2-4,7-8,10-11H2,1H3. The lowest BCUT2D eigenvalue weighted by atomic mass is 9.74. The number of rotatable bonds is 4. The number of nitrogens with one attached hydrogen (secondary N) is 1. The van der Waals surface area contributed by atoms with Gasteiger partial charge in [0.1, 0.15) is 0 Å². The van der Waals surface area contributed by atoms with Gasteiger partial charge in [-0.25, -0.2) is 0 Å². The molecule has 1 fully saturated rings. The molecule has 1 saturated carbocycles. The van der Waals surface area contributed by atoms with E-state index >= 15 is 0 Å². The van der Waals surface area contributed by atoms with Crippen LogP contribution in [0.3, 0.4) is 0 Å². The third kappa shape index (κ3) is 3.27. The highest BCUT2D eigenvalue weighted by molar-refractivity contribution is 9.10. The SMILES string of the molecule is Cc1ccc(Br)c(NCC2(CO)CCCCC2)c1. The van der Waals surface area contributed by atoms with E-state index in [1.165, 1.54) is 24.8 Å². The molecule has 0 radical (unpaired) electrons. The number of aliphatic hydroxyl groups excluding tert-OH is 1. The van der Waals surface area contributed by atoms with E-state index in [9.17, 15) is 5.11 Å². The third-order valence-electron chi connectivity index (χ3n) is 4.03. The van der Waals surface area contributed by atoms with Crippen molar-refractivity contribution in [2.75, 3.05) is 18.5 Å². The highest BCUT2D eigenvalue weighted by atomic mass is 79.9. The molecule has 3 heteroatoms. The van der Waals surface area contributed by atoms with E-state index < -0.39 is 0 Å². The average molecular weight is 312 g/mol. The Morgan fingerprint density at radius 1 is 1.28 bits per heavy atom. The van der Waals surface area contributed by atoms with Crippen LogP contribution in [0.15, 0.2) is 22.7 Å². The van der Waals surface area contributed by atoms with Crippen molar-refractivity contribution in [3.8, 4) is 0 Å². The molecule has 1 aliphatic carbocycles. The van der Waals surface area contributed by atoms with E-state index in [1.807, 2.05) is 0 Å². The maximum atomic E-state index is 9.69. The van der Waals surface area contributed by atoms with Gasteiger partial charge in [-0.15, -0.1) is 0 Å². The average Bonchev–Trinajstić information content (AvgIpc) is 2.41. The number of aliphatic hydroxyl groups is 1. The Morgan fingerprint density at radius 2 is 2.00 bits per heavy atom. The normalized spacial score (nSPS) is 18.6. The van der Waals surface area contributed by atoms with E-state index in [0.717, 1.165) is 29.5 Å². The van der Waals surface area contributed by atoms with Gasteiger partial charge in [-0.05, 0) is 53.4 Å². The van der Waals surface area contributed by atoms with Gasteiger partial charge in [0, 0.05) is 22.1 Å². The molecule has 0 amide bonds. The maximum absolute atomic E-state index is 9.69. The second kappa shape index (κ2) is 6.07. The summed E-state index contributed by atoms with van der Waals surface area (Å²) in [5.41, 5.74) is 2.47. The molecule has 100 valence electrons. The molecule has 2 N–H and O–H groups in total. The Morgan fingerprint density at radius 3 is 2.67 bits per heavy atom. The first kappa shape index (κ1) is 13.9. The fourth-order valence-corrected chi connectivity index (χ4v) is 3.14. The predicted octanol–water partition coefficient (Wildman–Crippen LogP) is 4.11. The lowest BCUT2D eigenvalue weighted by Gasteiger charge is -2.36. The van der Waals surface area contributed by atoms with Crippen molar-refractivity contribution in [3.05, 3.63) is 28.2 Å². The number of hydrogen-bond acceptors (Lipinski definition) is 2. The van der Waals surface area contributed by atoms with Crippen LogP contribution in [0.1, 0.15) is 37.7 Å². The van der Waals surface area contributed by atoms with Gasteiger partial charge < -0.3 is 10.4 Å². The number of anilines is 1. The van der Waals surface area contributed by atoms with E-state index in [1.54, 1.807) is 0 Å². The largest absolute Gasteiger partial charge is 0.396 e. The highest BCUT2D eigenvalue weighted by Gasteiger charge is 2.31. The Bertz CT molecular complexity index is 399. The van der Waals surface area contributed by atoms with Crippen LogP contribution in [0, 0.1) is 12.3 Å². The zero-order valence-corrected chi connectivity index (χ0v) is 12.6. The van der Waals surface area contributed by atoms with Gasteiger partial charge in [-0.2, -0.15) is 0 Å². The van der Waals surface area contributed by atoms with Crippen LogP contribution >= 0.6 is 15.9 Å². The van der Waals surface area contributed by atoms with E-state index in [-0.39, 0.29) is 5.41 Å². The minimum atomic E-state index is 0.0848. The molecule has 1 aromatic carbocycles. The maximum Gasteiger partial charge on any atom is 0.0504 e. The quantitative estimate of drug-likeness (QED) is 0.877. The van der Waals surface area contributed by atoms with Gasteiger partial charge in [-0.1, -0.05) is 25.3 Å². The first-order valence-electron chi connectivity index (χ1n) is 6.76. The van der Waals surface area contributed by atoms with Crippen LogP contribution in [-0.4, -0.2) is 18.3 Å². The van der Waals surface area contributed by atoms with Crippen molar-refractivity contribution < 1.29 is 5.11 Å². The van der Waals surface area contributed by atoms with Crippen molar-refractivity contribution in [1.82, 2.24) is 0 Å². The summed E-state index contributed by atoms with van der Waals surface area (Å²) >= 11 is 3.57. The number of halogens is 1. The van der Waals surface area contributed by atoms with Gasteiger partial charge >= 0.3 is 0 Å². The van der Waals surface area contributed by atoms with Gasteiger partial charge in [0.15, 0.2) is 0 Å². The zero-order chi connectivity index (χ0) is 13.0. The summed E-state index contributed by atoms with van der Waals surface area (Å²) in [4.78, 5) is 0. The summed E-state index contributed by atoms with van der Waals surface area (Å²) in [5.74, 6) is 0. The number of benzene rings is 1. The smallest absolute Gasteiger partial charge is 0.0504 e. The van der Waals surface area contributed by atoms with E-state index in [2.05, 4.69) is 46.4 Å². The van der Waals surface area contributed by atoms with Crippen molar-refractivity contribution in [3.63, 3.8) is 0 Å². The second-order valence-corrected chi connectivity index (χ2v) is 6.41. The molecular weight excluding hydrogens is 290 g/mol. The third-order valence-corrected chi connectivity index (χ3v) is 4.72. The van der Waals surface area contributed by atoms with Crippen LogP contribution in [-0.2, 0) is 0 Å². The summed E-state index contributed by atoms with van der Waals surface area (Å²) in [6, 6.07) is 6.32. The molecule has 0 unspecified atom stereocenters. The molecule has 0 spiro atoms. The van der Waals surface area contributed by atoms with E-state index in [0.29, 0.717) is 6.61 Å². The van der Waals surface area contributed by atoms with Gasteiger partial charge in [0.05, 0.1) is 6.61 Å². The van der Waals surface area contributed by atoms with Gasteiger partial charge in [0.2, 0.25) is 0 Å². The summed E-state index contributed by atoms with van der Waals surface area (Å²) in [6.45, 7) is 3.26. The van der Waals surface area contributed by atoms with Gasteiger partial charge in [0.25, 0.3) is 0 Å². The Labute approximate surface area is 118 Å². The summed E-state index contributed by atoms with van der Waals surface area (Å²) < 4.78 is 1.09. The molecule has 0 saturated heterocycles. The van der Waals surface area contributed by atoms with Gasteiger partial charge in [-0.3, -0.25) is 0 Å². The predicted molar refractivity (Wildman–Crippen MR) is 80.0 cm³/mol. The molecule has 2 rings (SSSR count). The summed E-state index contributed by atoms with van der Waals surface area (Å²) in [6.07, 6.45) is 6.09. The minimum absolute atomic E-state index is 0.0848. The molecule has 0 heterocycles. The van der Waals surface area contributed by atoms with Crippen LogP contribution < -0.4 is 5.32 Å². The first-order valence-corrected chi connectivity index (χ1v) is 7.55. The zero-order valence-electron chi connectivity index (χ0n) is 11.0. The summed E-state index contributed by atoms with van der Waals surface area (Å²) in [5, 5.41) is 13.2. The fraction of sp³-hybridized carbons (Fsp3) is 0.600. The Kier molecular flexibility index (Phi) is 4.68. The van der Waals surface area contributed by atoms with Crippen LogP contribution in [0.2, 0.25) is 0 Å². The molecule has 18 heavy (non-hydrogen) atoms. The number of hydrogen-bond donors (Lipinski definition) is 2. The molecular formula is C15H22BrNO. The molecule has 1 aliphatic rings. The molecule has 2 nitrogen and oxygen atoms in total.